The van der Waals surface area contributed by atoms with Gasteiger partial charge in [0.15, 0.2) is 0 Å². The van der Waals surface area contributed by atoms with Crippen molar-refractivity contribution in [2.45, 2.75) is 13.1 Å². The average molecular weight is 384 g/mol. The number of para-hydroxylation sites is 2. The fourth-order valence-corrected chi connectivity index (χ4v) is 3.36. The highest BCUT2D eigenvalue weighted by atomic mass is 35.5. The molecule has 0 aliphatic carbocycles. The summed E-state index contributed by atoms with van der Waals surface area (Å²) in [5.41, 5.74) is 2.31. The van der Waals surface area contributed by atoms with Crippen LogP contribution in [0.15, 0.2) is 66.7 Å². The predicted molar refractivity (Wildman–Crippen MR) is 110 cm³/mol. The van der Waals surface area contributed by atoms with Crippen molar-refractivity contribution >= 4 is 34.2 Å². The van der Waals surface area contributed by atoms with Gasteiger partial charge in [0.1, 0.15) is 12.4 Å². The minimum Gasteiger partial charge on any atom is -0.492 e. The van der Waals surface area contributed by atoms with E-state index in [9.17, 15) is 5.11 Å². The van der Waals surface area contributed by atoms with Crippen LogP contribution in [0.4, 0.5) is 0 Å². The number of nitrogens with one attached hydrogen (secondary N) is 1. The molecule has 0 aliphatic heterocycles. The van der Waals surface area contributed by atoms with Gasteiger partial charge in [0.25, 0.3) is 0 Å². The molecule has 0 unspecified atom stereocenters. The van der Waals surface area contributed by atoms with E-state index in [1.165, 1.54) is 5.39 Å². The number of aliphatic hydroxyl groups is 1. The molecule has 1 aromatic heterocycles. The van der Waals surface area contributed by atoms with E-state index in [1.807, 2.05) is 57.7 Å². The molecule has 1 heterocycles. The first-order valence-electron chi connectivity index (χ1n) is 8.73. The summed E-state index contributed by atoms with van der Waals surface area (Å²) in [6, 6.07) is 22.2. The number of fused-ring (bicyclic) bond motifs is 2. The second-order valence-corrected chi connectivity index (χ2v) is 6.20. The summed E-state index contributed by atoms with van der Waals surface area (Å²) in [5.74, 6) is 0.829. The highest BCUT2D eigenvalue weighted by Crippen LogP contribution is 2.20. The molecule has 0 amide bonds. The second kappa shape index (κ2) is 8.29. The van der Waals surface area contributed by atoms with Gasteiger partial charge in [0, 0.05) is 6.54 Å². The lowest BCUT2D eigenvalue weighted by Crippen LogP contribution is -2.27. The van der Waals surface area contributed by atoms with Crippen LogP contribution in [0.3, 0.4) is 0 Å². The summed E-state index contributed by atoms with van der Waals surface area (Å²) < 4.78 is 9.68. The van der Waals surface area contributed by atoms with Gasteiger partial charge in [-0.15, -0.1) is 12.4 Å². The number of halogens is 1. The molecule has 0 radical (unpaired) electrons. The first-order valence-corrected chi connectivity index (χ1v) is 8.73. The lowest BCUT2D eigenvalue weighted by Gasteiger charge is -2.09. The van der Waals surface area contributed by atoms with Gasteiger partial charge in [-0.05, 0) is 35.0 Å². The van der Waals surface area contributed by atoms with Crippen LogP contribution in [0.5, 0.6) is 5.75 Å². The summed E-state index contributed by atoms with van der Waals surface area (Å²) in [5, 5.41) is 20.1. The Morgan fingerprint density at radius 2 is 1.44 bits per heavy atom. The van der Waals surface area contributed by atoms with Gasteiger partial charge >= 0.3 is 0 Å². The molecule has 3 aromatic carbocycles. The van der Waals surface area contributed by atoms with E-state index in [1.54, 1.807) is 0 Å². The molecular weight excluding hydrogens is 362 g/mol. The molecule has 140 valence electrons. The van der Waals surface area contributed by atoms with Crippen LogP contribution < -0.4 is 10.4 Å². The van der Waals surface area contributed by atoms with Crippen LogP contribution in [0.25, 0.3) is 21.8 Å². The highest BCUT2D eigenvalue weighted by molar-refractivity contribution is 5.85. The molecule has 0 saturated carbocycles. The van der Waals surface area contributed by atoms with Gasteiger partial charge in [-0.25, -0.2) is 0 Å². The topological polar surface area (TPSA) is 63.2 Å². The van der Waals surface area contributed by atoms with E-state index in [2.05, 4.69) is 18.2 Å². The third kappa shape index (κ3) is 3.70. The van der Waals surface area contributed by atoms with Crippen molar-refractivity contribution in [1.29, 1.82) is 5.41 Å². The summed E-state index contributed by atoms with van der Waals surface area (Å²) in [7, 11) is 0. The van der Waals surface area contributed by atoms with E-state index >= 15 is 0 Å². The van der Waals surface area contributed by atoms with Gasteiger partial charge in [-0.1, -0.05) is 42.5 Å². The van der Waals surface area contributed by atoms with Gasteiger partial charge in [0.2, 0.25) is 5.62 Å². The van der Waals surface area contributed by atoms with Gasteiger partial charge in [0.05, 0.1) is 24.2 Å². The fraction of sp³-hybridized carbons (Fsp3) is 0.190. The van der Waals surface area contributed by atoms with E-state index in [0.29, 0.717) is 25.3 Å². The van der Waals surface area contributed by atoms with Crippen molar-refractivity contribution in [3.63, 3.8) is 0 Å². The van der Waals surface area contributed by atoms with Crippen molar-refractivity contribution in [3.8, 4) is 5.75 Å². The number of aromatic nitrogens is 2. The molecule has 27 heavy (non-hydrogen) atoms. The quantitative estimate of drug-likeness (QED) is 0.534. The largest absolute Gasteiger partial charge is 0.492 e. The van der Waals surface area contributed by atoms with E-state index in [-0.39, 0.29) is 19.0 Å². The smallest absolute Gasteiger partial charge is 0.203 e. The van der Waals surface area contributed by atoms with Crippen molar-refractivity contribution in [1.82, 2.24) is 9.13 Å². The minimum absolute atomic E-state index is 0. The Morgan fingerprint density at radius 1 is 0.815 bits per heavy atom. The molecule has 0 aliphatic rings. The number of hydrogen-bond donors (Lipinski definition) is 2. The second-order valence-electron chi connectivity index (χ2n) is 6.20. The SMILES string of the molecule is Cl.N=c1n(CCO)c2ccccc2n1CCOc1ccc2ccccc2c1. The molecule has 4 rings (SSSR count). The Kier molecular flexibility index (Phi) is 5.84. The van der Waals surface area contributed by atoms with Crippen LogP contribution in [0.1, 0.15) is 0 Å². The minimum atomic E-state index is 0. The standard InChI is InChI=1S/C21H21N3O2.ClH/c22-21-23(11-13-25)19-7-3-4-8-20(19)24(21)12-14-26-18-10-9-16-5-1-2-6-17(16)15-18;/h1-10,15,22,25H,11-14H2;1H. The van der Waals surface area contributed by atoms with Crippen LogP contribution in [0.2, 0.25) is 0 Å². The normalized spacial score (nSPS) is 10.9. The highest BCUT2D eigenvalue weighted by Gasteiger charge is 2.10. The number of hydrogen-bond acceptors (Lipinski definition) is 3. The zero-order chi connectivity index (χ0) is 17.9. The molecule has 4 aromatic rings. The number of benzene rings is 3. The van der Waals surface area contributed by atoms with E-state index in [4.69, 9.17) is 10.1 Å². The van der Waals surface area contributed by atoms with E-state index < -0.39 is 0 Å². The molecule has 2 N–H and O–H groups in total. The predicted octanol–water partition coefficient (Wildman–Crippen LogP) is 3.57. The van der Waals surface area contributed by atoms with Crippen LogP contribution in [0, 0.1) is 5.41 Å². The van der Waals surface area contributed by atoms with Crippen LogP contribution in [-0.2, 0) is 13.1 Å². The zero-order valence-electron chi connectivity index (χ0n) is 14.8. The summed E-state index contributed by atoms with van der Waals surface area (Å²) in [6.45, 7) is 1.47. The molecule has 6 heteroatoms. The first kappa shape index (κ1) is 19.0. The fourth-order valence-electron chi connectivity index (χ4n) is 3.36. The molecule has 5 nitrogen and oxygen atoms in total. The maximum Gasteiger partial charge on any atom is 0.203 e. The zero-order valence-corrected chi connectivity index (χ0v) is 15.7. The number of nitrogens with zero attached hydrogens (tertiary/aromatic N) is 2. The van der Waals surface area contributed by atoms with Crippen molar-refractivity contribution in [2.75, 3.05) is 13.2 Å². The Balaban J connectivity index is 0.00000210. The van der Waals surface area contributed by atoms with Crippen LogP contribution in [-0.4, -0.2) is 27.5 Å². The Hall–Kier alpha value is -2.76. The molecule has 0 spiro atoms. The monoisotopic (exact) mass is 383 g/mol. The number of rotatable bonds is 6. The molecule has 0 bridgehead atoms. The number of imidazole rings is 1. The summed E-state index contributed by atoms with van der Waals surface area (Å²) in [4.78, 5) is 0. The maximum atomic E-state index is 9.29. The van der Waals surface area contributed by atoms with Crippen molar-refractivity contribution in [2.24, 2.45) is 0 Å². The molecule has 0 atom stereocenters. The number of ether oxygens (including phenoxy) is 1. The van der Waals surface area contributed by atoms with Gasteiger partial charge < -0.3 is 19.0 Å². The van der Waals surface area contributed by atoms with Gasteiger partial charge in [-0.3, -0.25) is 5.41 Å². The van der Waals surface area contributed by atoms with Crippen molar-refractivity contribution in [3.05, 3.63) is 72.3 Å². The number of aliphatic hydroxyl groups excluding tert-OH is 1. The summed E-state index contributed by atoms with van der Waals surface area (Å²) >= 11 is 0. The molecule has 0 saturated heterocycles. The maximum absolute atomic E-state index is 9.29. The van der Waals surface area contributed by atoms with Crippen LogP contribution >= 0.6 is 12.4 Å². The molecule has 0 fully saturated rings. The third-order valence-corrected chi connectivity index (χ3v) is 4.60. The Labute approximate surface area is 163 Å². The lowest BCUT2D eigenvalue weighted by molar-refractivity contribution is 0.272. The van der Waals surface area contributed by atoms with E-state index in [0.717, 1.165) is 22.2 Å². The Bertz CT molecular complexity index is 1120. The third-order valence-electron chi connectivity index (χ3n) is 4.60. The summed E-state index contributed by atoms with van der Waals surface area (Å²) in [6.07, 6.45) is 0. The van der Waals surface area contributed by atoms with Crippen molar-refractivity contribution < 1.29 is 9.84 Å². The Morgan fingerprint density at radius 3 is 2.15 bits per heavy atom. The average Bonchev–Trinajstić information content (AvgIpc) is 2.94. The lowest BCUT2D eigenvalue weighted by atomic mass is 10.1. The van der Waals surface area contributed by atoms with Gasteiger partial charge in [-0.2, -0.15) is 0 Å². The molecular formula is C21H22ClN3O2. The first-order chi connectivity index (χ1) is 12.8.